The summed E-state index contributed by atoms with van der Waals surface area (Å²) in [6.45, 7) is 3.81. The van der Waals surface area contributed by atoms with Crippen molar-refractivity contribution < 1.29 is 14.3 Å². The molecule has 4 heteroatoms. The lowest BCUT2D eigenvalue weighted by Crippen LogP contribution is -2.36. The van der Waals surface area contributed by atoms with Crippen LogP contribution in [0, 0.1) is 5.92 Å². The van der Waals surface area contributed by atoms with Crippen molar-refractivity contribution in [2.45, 2.75) is 38.8 Å². The summed E-state index contributed by atoms with van der Waals surface area (Å²) >= 11 is 0. The molecule has 0 amide bonds. The molecule has 0 spiro atoms. The molecule has 0 saturated heterocycles. The number of carboxylic acid groups (broad SMARTS) is 1. The number of rotatable bonds is 2. The van der Waals surface area contributed by atoms with E-state index in [0.29, 0.717) is 19.3 Å². The molecule has 2 aromatic rings. The van der Waals surface area contributed by atoms with Gasteiger partial charge in [0.1, 0.15) is 5.67 Å². The van der Waals surface area contributed by atoms with Crippen LogP contribution in [-0.2, 0) is 12.8 Å². The van der Waals surface area contributed by atoms with E-state index in [0.717, 1.165) is 22.2 Å². The van der Waals surface area contributed by atoms with Crippen LogP contribution in [0.5, 0.6) is 0 Å². The molecule has 1 aliphatic rings. The molecule has 110 valence electrons. The Morgan fingerprint density at radius 3 is 2.81 bits per heavy atom. The number of hydrogen-bond donors (Lipinski definition) is 1. The lowest BCUT2D eigenvalue weighted by atomic mass is 9.77. The Morgan fingerprint density at radius 2 is 2.14 bits per heavy atom. The number of aromatic carboxylic acids is 1. The molecule has 1 atom stereocenters. The topological polar surface area (TPSA) is 50.2 Å². The Bertz CT molecular complexity index is 726. The molecule has 1 N–H and O–H groups in total. The number of pyridine rings is 1. The molecular weight excluding hydrogens is 269 g/mol. The van der Waals surface area contributed by atoms with E-state index < -0.39 is 11.6 Å². The molecule has 0 radical (unpaired) electrons. The van der Waals surface area contributed by atoms with E-state index in [1.807, 2.05) is 19.9 Å². The first kappa shape index (κ1) is 14.0. The number of fused-ring (bicyclic) bond motifs is 2. The van der Waals surface area contributed by atoms with Crippen molar-refractivity contribution in [2.24, 2.45) is 5.92 Å². The second-order valence-electron chi connectivity index (χ2n) is 6.17. The second-order valence-corrected chi connectivity index (χ2v) is 6.17. The summed E-state index contributed by atoms with van der Waals surface area (Å²) in [5.74, 6) is -0.997. The van der Waals surface area contributed by atoms with Crippen LogP contribution in [0.4, 0.5) is 4.39 Å². The van der Waals surface area contributed by atoms with Gasteiger partial charge in [-0.2, -0.15) is 0 Å². The van der Waals surface area contributed by atoms with Gasteiger partial charge in [-0.25, -0.2) is 9.18 Å². The van der Waals surface area contributed by atoms with Crippen LogP contribution in [0.25, 0.3) is 10.9 Å². The van der Waals surface area contributed by atoms with E-state index in [1.165, 1.54) is 0 Å². The van der Waals surface area contributed by atoms with Gasteiger partial charge in [-0.3, -0.25) is 4.98 Å². The Morgan fingerprint density at radius 1 is 1.38 bits per heavy atom. The Balaban J connectivity index is 2.09. The first-order valence-electron chi connectivity index (χ1n) is 7.24. The maximum atomic E-state index is 14.9. The highest BCUT2D eigenvalue weighted by atomic mass is 19.1. The van der Waals surface area contributed by atoms with Crippen LogP contribution in [0.15, 0.2) is 24.3 Å². The molecule has 1 heterocycles. The van der Waals surface area contributed by atoms with Crippen molar-refractivity contribution >= 4 is 16.9 Å². The van der Waals surface area contributed by atoms with Gasteiger partial charge in [0.2, 0.25) is 0 Å². The Kier molecular flexibility index (Phi) is 3.19. The number of aryl methyl sites for hydroxylation is 1. The third kappa shape index (κ3) is 2.39. The smallest absolute Gasteiger partial charge is 0.335 e. The Labute approximate surface area is 122 Å². The van der Waals surface area contributed by atoms with Gasteiger partial charge in [-0.1, -0.05) is 13.8 Å². The van der Waals surface area contributed by atoms with E-state index in [9.17, 15) is 9.18 Å². The zero-order valence-corrected chi connectivity index (χ0v) is 12.2. The molecular formula is C17H18FNO2. The molecule has 1 aromatic carbocycles. The normalized spacial score (nSPS) is 21.5. The van der Waals surface area contributed by atoms with Gasteiger partial charge in [0, 0.05) is 17.5 Å². The van der Waals surface area contributed by atoms with Gasteiger partial charge in [0.25, 0.3) is 0 Å². The fraction of sp³-hybridized carbons (Fsp3) is 0.412. The van der Waals surface area contributed by atoms with Crippen LogP contribution in [-0.4, -0.2) is 21.7 Å². The average Bonchev–Trinajstić information content (AvgIpc) is 2.44. The quantitative estimate of drug-likeness (QED) is 0.914. The van der Waals surface area contributed by atoms with Crippen molar-refractivity contribution in [1.29, 1.82) is 0 Å². The van der Waals surface area contributed by atoms with Gasteiger partial charge >= 0.3 is 5.97 Å². The molecule has 1 unspecified atom stereocenters. The van der Waals surface area contributed by atoms with E-state index in [2.05, 4.69) is 4.98 Å². The maximum Gasteiger partial charge on any atom is 0.335 e. The lowest BCUT2D eigenvalue weighted by molar-refractivity contribution is 0.0697. The van der Waals surface area contributed by atoms with E-state index in [1.54, 1.807) is 18.2 Å². The molecule has 0 bridgehead atoms. The van der Waals surface area contributed by atoms with E-state index in [4.69, 9.17) is 5.11 Å². The highest BCUT2D eigenvalue weighted by molar-refractivity contribution is 5.93. The monoisotopic (exact) mass is 287 g/mol. The summed E-state index contributed by atoms with van der Waals surface area (Å²) in [6.07, 6.45) is 1.50. The summed E-state index contributed by atoms with van der Waals surface area (Å²) in [5.41, 5.74) is 1.67. The molecule has 3 nitrogen and oxygen atoms in total. The predicted molar refractivity (Wildman–Crippen MR) is 79.4 cm³/mol. The zero-order chi connectivity index (χ0) is 15.2. The number of carbonyl (C=O) groups is 1. The third-order valence-electron chi connectivity index (χ3n) is 4.53. The predicted octanol–water partition coefficient (Wildman–Crippen LogP) is 3.79. The van der Waals surface area contributed by atoms with Crippen LogP contribution < -0.4 is 0 Å². The molecule has 0 saturated carbocycles. The summed E-state index contributed by atoms with van der Waals surface area (Å²) in [4.78, 5) is 15.6. The molecule has 1 aromatic heterocycles. The highest BCUT2D eigenvalue weighted by Crippen LogP contribution is 2.37. The van der Waals surface area contributed by atoms with Crippen molar-refractivity contribution in [2.75, 3.05) is 0 Å². The minimum Gasteiger partial charge on any atom is -0.478 e. The third-order valence-corrected chi connectivity index (χ3v) is 4.53. The standard InChI is InChI=1S/C17H18FNO2/c1-10(2)17(18)6-5-15-13(9-17)8-12-7-11(16(20)21)3-4-14(12)19-15/h3-4,7-8,10H,5-6,9H2,1-2H3,(H,20,21). The molecule has 0 aliphatic heterocycles. The first-order chi connectivity index (χ1) is 9.89. The number of halogens is 1. The van der Waals surface area contributed by atoms with Crippen LogP contribution >= 0.6 is 0 Å². The minimum absolute atomic E-state index is 0.0355. The fourth-order valence-corrected chi connectivity index (χ4v) is 2.99. The highest BCUT2D eigenvalue weighted by Gasteiger charge is 2.37. The molecule has 0 fully saturated rings. The van der Waals surface area contributed by atoms with Crippen LogP contribution in [0.3, 0.4) is 0 Å². The zero-order valence-electron chi connectivity index (χ0n) is 12.2. The van der Waals surface area contributed by atoms with Crippen LogP contribution in [0.2, 0.25) is 0 Å². The summed E-state index contributed by atoms with van der Waals surface area (Å²) < 4.78 is 14.9. The van der Waals surface area contributed by atoms with E-state index in [-0.39, 0.29) is 11.5 Å². The second kappa shape index (κ2) is 4.79. The SMILES string of the molecule is CC(C)C1(F)CCc2nc3ccc(C(=O)O)cc3cc2C1. The minimum atomic E-state index is -1.19. The van der Waals surface area contributed by atoms with Crippen LogP contribution in [0.1, 0.15) is 41.9 Å². The van der Waals surface area contributed by atoms with Crippen molar-refractivity contribution in [1.82, 2.24) is 4.98 Å². The molecule has 1 aliphatic carbocycles. The summed E-state index contributed by atoms with van der Waals surface area (Å²) in [5, 5.41) is 9.82. The van der Waals surface area contributed by atoms with Gasteiger partial charge in [0.15, 0.2) is 0 Å². The largest absolute Gasteiger partial charge is 0.478 e. The van der Waals surface area contributed by atoms with Gasteiger partial charge < -0.3 is 5.11 Å². The number of benzene rings is 1. The Hall–Kier alpha value is -1.97. The number of hydrogen-bond acceptors (Lipinski definition) is 2. The first-order valence-corrected chi connectivity index (χ1v) is 7.24. The summed E-state index contributed by atoms with van der Waals surface area (Å²) in [7, 11) is 0. The number of carboxylic acids is 1. The molecule has 3 rings (SSSR count). The number of nitrogens with zero attached hydrogens (tertiary/aromatic N) is 1. The van der Waals surface area contributed by atoms with Gasteiger partial charge in [0.05, 0.1) is 11.1 Å². The number of aromatic nitrogens is 1. The summed E-state index contributed by atoms with van der Waals surface area (Å²) in [6, 6.07) is 6.79. The van der Waals surface area contributed by atoms with Gasteiger partial charge in [-0.15, -0.1) is 0 Å². The van der Waals surface area contributed by atoms with Crippen molar-refractivity contribution in [3.05, 3.63) is 41.1 Å². The van der Waals surface area contributed by atoms with Gasteiger partial charge in [-0.05, 0) is 48.6 Å². The average molecular weight is 287 g/mol. The maximum absolute atomic E-state index is 14.9. The number of alkyl halides is 1. The van der Waals surface area contributed by atoms with E-state index >= 15 is 0 Å². The van der Waals surface area contributed by atoms with Crippen molar-refractivity contribution in [3.63, 3.8) is 0 Å². The van der Waals surface area contributed by atoms with Crippen molar-refractivity contribution in [3.8, 4) is 0 Å². The fourth-order valence-electron chi connectivity index (χ4n) is 2.99. The lowest BCUT2D eigenvalue weighted by Gasteiger charge is -2.34. The molecule has 21 heavy (non-hydrogen) atoms.